The van der Waals surface area contributed by atoms with Crippen LogP contribution in [0.15, 0.2) is 24.4 Å². The number of hydrogen-bond acceptors (Lipinski definition) is 5. The first kappa shape index (κ1) is 13.2. The van der Waals surface area contributed by atoms with Crippen molar-refractivity contribution in [3.8, 4) is 10.7 Å². The van der Waals surface area contributed by atoms with Gasteiger partial charge >= 0.3 is 0 Å². The van der Waals surface area contributed by atoms with E-state index in [1.807, 2.05) is 30.0 Å². The summed E-state index contributed by atoms with van der Waals surface area (Å²) >= 11 is 1.41. The minimum Gasteiger partial charge on any atom is -0.378 e. The summed E-state index contributed by atoms with van der Waals surface area (Å²) in [6.45, 7) is 4.38. The van der Waals surface area contributed by atoms with Gasteiger partial charge in [0.25, 0.3) is 5.91 Å². The first-order valence-corrected chi connectivity index (χ1v) is 7.33. The van der Waals surface area contributed by atoms with Crippen LogP contribution in [0.25, 0.3) is 10.7 Å². The number of pyridine rings is 1. The molecule has 0 saturated carbocycles. The fourth-order valence-corrected chi connectivity index (χ4v) is 3.11. The van der Waals surface area contributed by atoms with E-state index in [9.17, 15) is 4.79 Å². The van der Waals surface area contributed by atoms with Crippen LogP contribution in [0, 0.1) is 6.92 Å². The summed E-state index contributed by atoms with van der Waals surface area (Å²) in [4.78, 5) is 23.8. The van der Waals surface area contributed by atoms with Gasteiger partial charge in [0, 0.05) is 19.3 Å². The molecule has 1 amide bonds. The Hall–Kier alpha value is -1.79. The highest BCUT2D eigenvalue weighted by Gasteiger charge is 2.23. The first-order valence-electron chi connectivity index (χ1n) is 6.51. The Morgan fingerprint density at radius 2 is 2.15 bits per heavy atom. The van der Waals surface area contributed by atoms with Crippen molar-refractivity contribution in [1.29, 1.82) is 0 Å². The summed E-state index contributed by atoms with van der Waals surface area (Å²) in [6, 6.07) is 5.69. The summed E-state index contributed by atoms with van der Waals surface area (Å²) in [5.74, 6) is 0.0467. The molecule has 20 heavy (non-hydrogen) atoms. The molecule has 1 fully saturated rings. The predicted octanol–water partition coefficient (Wildman–Crippen LogP) is 1.99. The Labute approximate surface area is 121 Å². The first-order chi connectivity index (χ1) is 9.75. The fourth-order valence-electron chi connectivity index (χ4n) is 2.10. The lowest BCUT2D eigenvalue weighted by molar-refractivity contribution is 0.0305. The lowest BCUT2D eigenvalue weighted by Gasteiger charge is -2.26. The molecule has 0 N–H and O–H groups in total. The highest BCUT2D eigenvalue weighted by molar-refractivity contribution is 7.17. The molecule has 1 saturated heterocycles. The summed E-state index contributed by atoms with van der Waals surface area (Å²) in [7, 11) is 0. The van der Waals surface area contributed by atoms with E-state index < -0.39 is 0 Å². The van der Waals surface area contributed by atoms with Crippen LogP contribution in [0.4, 0.5) is 0 Å². The van der Waals surface area contributed by atoms with Gasteiger partial charge in [-0.2, -0.15) is 0 Å². The zero-order chi connectivity index (χ0) is 13.9. The normalized spacial score (nSPS) is 15.3. The molecule has 2 aromatic heterocycles. The Morgan fingerprint density at radius 3 is 2.85 bits per heavy atom. The third-order valence-corrected chi connectivity index (χ3v) is 4.34. The van der Waals surface area contributed by atoms with Gasteiger partial charge in [-0.25, -0.2) is 4.98 Å². The summed E-state index contributed by atoms with van der Waals surface area (Å²) in [5, 5.41) is 0.791. The average Bonchev–Trinajstić information content (AvgIpc) is 2.90. The van der Waals surface area contributed by atoms with Gasteiger partial charge in [-0.05, 0) is 19.1 Å². The third-order valence-electron chi connectivity index (χ3n) is 3.17. The zero-order valence-electron chi connectivity index (χ0n) is 11.2. The third kappa shape index (κ3) is 2.57. The summed E-state index contributed by atoms with van der Waals surface area (Å²) < 4.78 is 5.27. The van der Waals surface area contributed by atoms with E-state index in [1.54, 1.807) is 6.20 Å². The number of ether oxygens (including phenoxy) is 1. The van der Waals surface area contributed by atoms with Gasteiger partial charge in [0.15, 0.2) is 0 Å². The number of thiazole rings is 1. The molecule has 0 atom stereocenters. The maximum Gasteiger partial charge on any atom is 0.266 e. The minimum absolute atomic E-state index is 0.0467. The number of rotatable bonds is 2. The largest absolute Gasteiger partial charge is 0.378 e. The monoisotopic (exact) mass is 289 g/mol. The highest BCUT2D eigenvalue weighted by Crippen LogP contribution is 2.27. The molecule has 0 bridgehead atoms. The molecule has 0 aromatic carbocycles. The van der Waals surface area contributed by atoms with E-state index in [1.165, 1.54) is 11.3 Å². The molecule has 104 valence electrons. The predicted molar refractivity (Wildman–Crippen MR) is 76.8 cm³/mol. The van der Waals surface area contributed by atoms with Gasteiger partial charge in [0.1, 0.15) is 9.88 Å². The standard InChI is InChI=1S/C14H15N3O2S/c1-10-12(14(18)17-6-8-19-9-7-17)20-13(16-10)11-4-2-3-5-15-11/h2-5H,6-9H2,1H3. The second-order valence-corrected chi connectivity index (χ2v) is 5.55. The van der Waals surface area contributed by atoms with Gasteiger partial charge in [0.2, 0.25) is 0 Å². The molecule has 0 aliphatic carbocycles. The van der Waals surface area contributed by atoms with E-state index in [4.69, 9.17) is 4.74 Å². The van der Waals surface area contributed by atoms with Crippen LogP contribution in [0.5, 0.6) is 0 Å². The lowest BCUT2D eigenvalue weighted by atomic mass is 10.3. The van der Waals surface area contributed by atoms with Crippen molar-refractivity contribution < 1.29 is 9.53 Å². The van der Waals surface area contributed by atoms with Crippen LogP contribution in [-0.2, 0) is 4.74 Å². The van der Waals surface area contributed by atoms with E-state index >= 15 is 0 Å². The van der Waals surface area contributed by atoms with Crippen LogP contribution in [0.3, 0.4) is 0 Å². The van der Waals surface area contributed by atoms with E-state index in [0.29, 0.717) is 31.2 Å². The van der Waals surface area contributed by atoms with Crippen LogP contribution in [0.1, 0.15) is 15.4 Å². The van der Waals surface area contributed by atoms with Crippen molar-refractivity contribution in [2.45, 2.75) is 6.92 Å². The fraction of sp³-hybridized carbons (Fsp3) is 0.357. The van der Waals surface area contributed by atoms with Gasteiger partial charge in [-0.3, -0.25) is 9.78 Å². The molecule has 1 aliphatic rings. The second-order valence-electron chi connectivity index (χ2n) is 4.55. The molecule has 1 aliphatic heterocycles. The van der Waals surface area contributed by atoms with Crippen molar-refractivity contribution in [3.05, 3.63) is 35.0 Å². The van der Waals surface area contributed by atoms with Gasteiger partial charge in [-0.15, -0.1) is 11.3 Å². The Kier molecular flexibility index (Phi) is 3.75. The quantitative estimate of drug-likeness (QED) is 0.848. The van der Waals surface area contributed by atoms with Gasteiger partial charge < -0.3 is 9.64 Å². The molecule has 6 heteroatoms. The van der Waals surface area contributed by atoms with Crippen molar-refractivity contribution in [1.82, 2.24) is 14.9 Å². The molecular formula is C14H15N3O2S. The average molecular weight is 289 g/mol. The maximum atomic E-state index is 12.5. The van der Waals surface area contributed by atoms with Crippen molar-refractivity contribution in [2.24, 2.45) is 0 Å². The number of morpholine rings is 1. The van der Waals surface area contributed by atoms with E-state index in [0.717, 1.165) is 16.4 Å². The molecule has 3 heterocycles. The SMILES string of the molecule is Cc1nc(-c2ccccn2)sc1C(=O)N1CCOCC1. The zero-order valence-corrected chi connectivity index (χ0v) is 12.0. The van der Waals surface area contributed by atoms with Crippen LogP contribution in [0.2, 0.25) is 0 Å². The number of carbonyl (C=O) groups excluding carboxylic acids is 1. The molecule has 5 nitrogen and oxygen atoms in total. The van der Waals surface area contributed by atoms with Crippen LogP contribution >= 0.6 is 11.3 Å². The number of hydrogen-bond donors (Lipinski definition) is 0. The molecule has 0 spiro atoms. The summed E-state index contributed by atoms with van der Waals surface area (Å²) in [6.07, 6.45) is 1.73. The summed E-state index contributed by atoms with van der Waals surface area (Å²) in [5.41, 5.74) is 1.58. The second kappa shape index (κ2) is 5.68. The topological polar surface area (TPSA) is 55.3 Å². The highest BCUT2D eigenvalue weighted by atomic mass is 32.1. The van der Waals surface area contributed by atoms with E-state index in [2.05, 4.69) is 9.97 Å². The van der Waals surface area contributed by atoms with Crippen molar-refractivity contribution in [2.75, 3.05) is 26.3 Å². The number of aryl methyl sites for hydroxylation is 1. The Morgan fingerprint density at radius 1 is 1.35 bits per heavy atom. The Bertz CT molecular complexity index is 606. The molecular weight excluding hydrogens is 274 g/mol. The van der Waals surface area contributed by atoms with Crippen LogP contribution < -0.4 is 0 Å². The number of amides is 1. The Balaban J connectivity index is 1.87. The molecule has 0 radical (unpaired) electrons. The van der Waals surface area contributed by atoms with Crippen molar-refractivity contribution >= 4 is 17.2 Å². The lowest BCUT2D eigenvalue weighted by Crippen LogP contribution is -2.40. The van der Waals surface area contributed by atoms with E-state index in [-0.39, 0.29) is 5.91 Å². The molecule has 3 rings (SSSR count). The van der Waals surface area contributed by atoms with Gasteiger partial charge in [0.05, 0.1) is 24.6 Å². The molecule has 2 aromatic rings. The van der Waals surface area contributed by atoms with Gasteiger partial charge in [-0.1, -0.05) is 6.07 Å². The number of carbonyl (C=O) groups is 1. The van der Waals surface area contributed by atoms with Crippen molar-refractivity contribution in [3.63, 3.8) is 0 Å². The van der Waals surface area contributed by atoms with Crippen LogP contribution in [-0.4, -0.2) is 47.1 Å². The number of nitrogens with zero attached hydrogens (tertiary/aromatic N) is 3. The maximum absolute atomic E-state index is 12.5. The smallest absolute Gasteiger partial charge is 0.266 e. The number of aromatic nitrogens is 2. The minimum atomic E-state index is 0.0467. The molecule has 0 unspecified atom stereocenters.